The Kier molecular flexibility index (Phi) is 6.54. The molecular formula is C20H15F6N3O3S. The molecule has 0 saturated carbocycles. The molecule has 0 unspecified atom stereocenters. The number of aromatic nitrogens is 2. The summed E-state index contributed by atoms with van der Waals surface area (Å²) in [7, 11) is -4.23. The lowest BCUT2D eigenvalue weighted by Gasteiger charge is -2.11. The van der Waals surface area contributed by atoms with E-state index in [9.17, 15) is 39.6 Å². The fourth-order valence-corrected chi connectivity index (χ4v) is 4.16. The molecule has 33 heavy (non-hydrogen) atoms. The van der Waals surface area contributed by atoms with E-state index >= 15 is 0 Å². The lowest BCUT2D eigenvalue weighted by Crippen LogP contribution is -2.28. The second-order valence-electron chi connectivity index (χ2n) is 6.84. The van der Waals surface area contributed by atoms with Crippen molar-refractivity contribution in [1.29, 1.82) is 0 Å². The minimum absolute atomic E-state index is 0.139. The van der Waals surface area contributed by atoms with Gasteiger partial charge in [0.25, 0.3) is 5.91 Å². The molecule has 2 aromatic carbocycles. The number of nitrogens with one attached hydrogen (secondary N) is 1. The van der Waals surface area contributed by atoms with Gasteiger partial charge in [-0.1, -0.05) is 18.2 Å². The van der Waals surface area contributed by atoms with Crippen molar-refractivity contribution in [2.45, 2.75) is 35.2 Å². The Balaban J connectivity index is 1.71. The summed E-state index contributed by atoms with van der Waals surface area (Å²) in [6, 6.07) is 9.41. The Morgan fingerprint density at radius 2 is 1.61 bits per heavy atom. The molecule has 1 aromatic heterocycles. The van der Waals surface area contributed by atoms with Crippen molar-refractivity contribution in [3.8, 4) is 0 Å². The molecule has 1 N–H and O–H groups in total. The van der Waals surface area contributed by atoms with Crippen LogP contribution in [0.25, 0.3) is 0 Å². The number of hydrogen-bond donors (Lipinski definition) is 1. The molecule has 0 aliphatic carbocycles. The van der Waals surface area contributed by atoms with Gasteiger partial charge in [0.15, 0.2) is 0 Å². The van der Waals surface area contributed by atoms with Crippen molar-refractivity contribution in [1.82, 2.24) is 15.1 Å². The smallest absolute Gasteiger partial charge is 0.347 e. The molecule has 176 valence electrons. The SMILES string of the molecule is O=C(NCc1ccc(S(=O)(=O)c2cccc(C(F)(F)F)c2)cc1)c1ccnn1CC(F)(F)F. The van der Waals surface area contributed by atoms with Crippen molar-refractivity contribution in [3.05, 3.63) is 77.6 Å². The van der Waals surface area contributed by atoms with Crippen molar-refractivity contribution < 1.29 is 39.6 Å². The predicted molar refractivity (Wildman–Crippen MR) is 103 cm³/mol. The molecule has 3 rings (SSSR count). The van der Waals surface area contributed by atoms with E-state index in [1.165, 1.54) is 12.1 Å². The number of benzene rings is 2. The molecule has 1 heterocycles. The van der Waals surface area contributed by atoms with Gasteiger partial charge in [0.05, 0.1) is 15.4 Å². The van der Waals surface area contributed by atoms with E-state index in [1.807, 2.05) is 0 Å². The minimum atomic E-state index is -4.71. The van der Waals surface area contributed by atoms with Crippen LogP contribution in [-0.4, -0.2) is 30.3 Å². The van der Waals surface area contributed by atoms with Gasteiger partial charge in [0.1, 0.15) is 12.2 Å². The van der Waals surface area contributed by atoms with Crippen LogP contribution in [0.1, 0.15) is 21.6 Å². The molecular weight excluding hydrogens is 476 g/mol. The maximum atomic E-state index is 12.9. The first kappa shape index (κ1) is 24.3. The van der Waals surface area contributed by atoms with Gasteiger partial charge in [0, 0.05) is 12.7 Å². The fourth-order valence-electron chi connectivity index (χ4n) is 2.86. The van der Waals surface area contributed by atoms with Crippen molar-refractivity contribution in [3.63, 3.8) is 0 Å². The third kappa shape index (κ3) is 5.92. The number of alkyl halides is 6. The third-order valence-corrected chi connectivity index (χ3v) is 6.20. The fraction of sp³-hybridized carbons (Fsp3) is 0.200. The largest absolute Gasteiger partial charge is 0.416 e. The number of carbonyl (C=O) groups is 1. The molecule has 0 bridgehead atoms. The van der Waals surface area contributed by atoms with Crippen LogP contribution < -0.4 is 5.32 Å². The van der Waals surface area contributed by atoms with Gasteiger partial charge in [0.2, 0.25) is 9.84 Å². The van der Waals surface area contributed by atoms with Crippen LogP contribution in [0.2, 0.25) is 0 Å². The second-order valence-corrected chi connectivity index (χ2v) is 8.79. The number of nitrogens with zero attached hydrogens (tertiary/aromatic N) is 2. The molecule has 0 atom stereocenters. The third-order valence-electron chi connectivity index (χ3n) is 4.44. The monoisotopic (exact) mass is 491 g/mol. The zero-order valence-corrected chi connectivity index (χ0v) is 17.3. The highest BCUT2D eigenvalue weighted by Crippen LogP contribution is 2.32. The van der Waals surface area contributed by atoms with Gasteiger partial charge in [-0.15, -0.1) is 0 Å². The average Bonchev–Trinajstić information content (AvgIpc) is 3.18. The summed E-state index contributed by atoms with van der Waals surface area (Å²) in [6.07, 6.45) is -8.22. The first-order chi connectivity index (χ1) is 15.3. The number of sulfone groups is 1. The highest BCUT2D eigenvalue weighted by atomic mass is 32.2. The van der Waals surface area contributed by atoms with Crippen LogP contribution in [0, 0.1) is 0 Å². The summed E-state index contributed by atoms with van der Waals surface area (Å²) in [5, 5.41) is 5.86. The van der Waals surface area contributed by atoms with Gasteiger partial charge in [-0.2, -0.15) is 31.4 Å². The lowest BCUT2D eigenvalue weighted by molar-refractivity contribution is -0.142. The van der Waals surface area contributed by atoms with Crippen LogP contribution in [0.4, 0.5) is 26.3 Å². The summed E-state index contributed by atoms with van der Waals surface area (Å²) in [6.45, 7) is -1.58. The first-order valence-electron chi connectivity index (χ1n) is 9.15. The Morgan fingerprint density at radius 1 is 0.939 bits per heavy atom. The molecule has 1 amide bonds. The van der Waals surface area contributed by atoms with E-state index in [-0.39, 0.29) is 17.1 Å². The zero-order valence-electron chi connectivity index (χ0n) is 16.5. The summed E-state index contributed by atoms with van der Waals surface area (Å²) in [5.74, 6) is -0.822. The van der Waals surface area contributed by atoms with Crippen molar-refractivity contribution in [2.75, 3.05) is 0 Å². The Morgan fingerprint density at radius 3 is 2.21 bits per heavy atom. The lowest BCUT2D eigenvalue weighted by atomic mass is 10.2. The highest BCUT2D eigenvalue weighted by Gasteiger charge is 2.32. The second kappa shape index (κ2) is 8.89. The average molecular weight is 491 g/mol. The van der Waals surface area contributed by atoms with Gasteiger partial charge >= 0.3 is 12.4 Å². The topological polar surface area (TPSA) is 81.1 Å². The van der Waals surface area contributed by atoms with Gasteiger partial charge in [-0.25, -0.2) is 8.42 Å². The van der Waals surface area contributed by atoms with Crippen molar-refractivity contribution >= 4 is 15.7 Å². The molecule has 0 spiro atoms. The van der Waals surface area contributed by atoms with Crippen LogP contribution in [-0.2, 0) is 29.1 Å². The first-order valence-corrected chi connectivity index (χ1v) is 10.6. The molecule has 0 saturated heterocycles. The van der Waals surface area contributed by atoms with Gasteiger partial charge < -0.3 is 5.32 Å². The zero-order chi connectivity index (χ0) is 24.4. The molecule has 0 aliphatic rings. The van der Waals surface area contributed by atoms with Crippen LogP contribution in [0.15, 0.2) is 70.6 Å². The molecule has 6 nitrogen and oxygen atoms in total. The van der Waals surface area contributed by atoms with E-state index in [2.05, 4.69) is 10.4 Å². The minimum Gasteiger partial charge on any atom is -0.347 e. The quantitative estimate of drug-likeness (QED) is 0.524. The van der Waals surface area contributed by atoms with Crippen LogP contribution in [0.5, 0.6) is 0 Å². The maximum Gasteiger partial charge on any atom is 0.416 e. The number of hydrogen-bond acceptors (Lipinski definition) is 4. The molecule has 0 radical (unpaired) electrons. The summed E-state index contributed by atoms with van der Waals surface area (Å²) >= 11 is 0. The summed E-state index contributed by atoms with van der Waals surface area (Å²) in [4.78, 5) is 11.4. The standard InChI is InChI=1S/C20H15F6N3O3S/c21-19(22,23)12-29-17(8-9-28-29)18(30)27-11-13-4-6-15(7-5-13)33(31,32)16-3-1-2-14(10-16)20(24,25)26/h1-10H,11-12H2,(H,27,30). The summed E-state index contributed by atoms with van der Waals surface area (Å²) < 4.78 is 102. The van der Waals surface area contributed by atoms with Gasteiger partial charge in [-0.05, 0) is 42.0 Å². The van der Waals surface area contributed by atoms with Gasteiger partial charge in [-0.3, -0.25) is 9.48 Å². The Labute approximate surface area is 183 Å². The number of halogens is 6. The number of amides is 1. The molecule has 13 heteroatoms. The maximum absolute atomic E-state index is 12.9. The number of rotatable bonds is 6. The summed E-state index contributed by atoms with van der Waals surface area (Å²) in [5.41, 5.74) is -1.00. The molecule has 0 fully saturated rings. The number of carbonyl (C=O) groups excluding carboxylic acids is 1. The van der Waals surface area contributed by atoms with E-state index in [0.717, 1.165) is 42.6 Å². The van der Waals surface area contributed by atoms with Crippen LogP contribution in [0.3, 0.4) is 0 Å². The Hall–Kier alpha value is -3.35. The molecule has 3 aromatic rings. The van der Waals surface area contributed by atoms with Crippen LogP contribution >= 0.6 is 0 Å². The van der Waals surface area contributed by atoms with E-state index in [4.69, 9.17) is 0 Å². The van der Waals surface area contributed by atoms with Crippen molar-refractivity contribution in [2.24, 2.45) is 0 Å². The van der Waals surface area contributed by atoms with E-state index in [0.29, 0.717) is 16.3 Å². The predicted octanol–water partition coefficient (Wildman–Crippen LogP) is 4.23. The normalized spacial score (nSPS) is 12.5. The van der Waals surface area contributed by atoms with E-state index < -0.39 is 45.1 Å². The van der Waals surface area contributed by atoms with E-state index in [1.54, 1.807) is 0 Å². The Bertz CT molecular complexity index is 1250. The molecule has 0 aliphatic heterocycles. The highest BCUT2D eigenvalue weighted by molar-refractivity contribution is 7.91.